The van der Waals surface area contributed by atoms with Gasteiger partial charge in [-0.15, -0.1) is 0 Å². The van der Waals surface area contributed by atoms with E-state index in [-0.39, 0.29) is 26.5 Å². The average molecular weight is 437 g/mol. The van der Waals surface area contributed by atoms with Gasteiger partial charge in [-0.25, -0.2) is 9.48 Å². The third-order valence-corrected chi connectivity index (χ3v) is 5.28. The molecule has 0 saturated carbocycles. The van der Waals surface area contributed by atoms with E-state index >= 15 is 0 Å². The van der Waals surface area contributed by atoms with Gasteiger partial charge in [0.05, 0.1) is 25.1 Å². The minimum absolute atomic E-state index is 0.00411. The molecule has 0 aliphatic rings. The molecule has 29 heavy (non-hydrogen) atoms. The molecule has 0 spiro atoms. The molecule has 0 saturated heterocycles. The van der Waals surface area contributed by atoms with Crippen molar-refractivity contribution in [2.45, 2.75) is 38.6 Å². The summed E-state index contributed by atoms with van der Waals surface area (Å²) in [5.41, 5.74) is -3.10. The summed E-state index contributed by atoms with van der Waals surface area (Å²) in [4.78, 5) is 22.5. The van der Waals surface area contributed by atoms with Crippen molar-refractivity contribution in [1.29, 1.82) is 0 Å². The van der Waals surface area contributed by atoms with Crippen LogP contribution in [0.15, 0.2) is 23.1 Å². The predicted octanol–water partition coefficient (Wildman–Crippen LogP) is 2.64. The maximum atomic E-state index is 13.4. The average Bonchev–Trinajstić information content (AvgIpc) is 2.57. The summed E-state index contributed by atoms with van der Waals surface area (Å²) in [6.45, 7) is 6.37. The Morgan fingerprint density at radius 2 is 2.00 bits per heavy atom. The van der Waals surface area contributed by atoms with Crippen molar-refractivity contribution in [2.75, 3.05) is 31.7 Å². The molecule has 2 N–H and O–H groups in total. The largest absolute Gasteiger partial charge is 0.478 e. The molecule has 0 aliphatic carbocycles. The Hall–Kier alpha value is -2.18. The number of anilines is 1. The molecule has 0 aliphatic heterocycles. The highest BCUT2D eigenvalue weighted by molar-refractivity contribution is 6.76. The molecule has 0 amide bonds. The Morgan fingerprint density at radius 1 is 1.31 bits per heavy atom. The van der Waals surface area contributed by atoms with Gasteiger partial charge in [0.2, 0.25) is 0 Å². The van der Waals surface area contributed by atoms with Gasteiger partial charge in [-0.2, -0.15) is 18.3 Å². The fraction of sp³-hybridized carbons (Fsp3) is 0.588. The molecular weight excluding hydrogens is 411 g/mol. The highest BCUT2D eigenvalue weighted by Crippen LogP contribution is 2.31. The number of ether oxygens (including phenoxy) is 2. The Morgan fingerprint density at radius 3 is 2.59 bits per heavy atom. The lowest BCUT2D eigenvalue weighted by molar-refractivity contribution is -0.138. The van der Waals surface area contributed by atoms with Crippen molar-refractivity contribution < 1.29 is 32.5 Å². The van der Waals surface area contributed by atoms with Crippen molar-refractivity contribution in [3.63, 3.8) is 0 Å². The fourth-order valence-corrected chi connectivity index (χ4v) is 2.83. The number of hydrogen-bond donors (Lipinski definition) is 2. The summed E-state index contributed by atoms with van der Waals surface area (Å²) in [7, 11) is -1.36. The van der Waals surface area contributed by atoms with Crippen molar-refractivity contribution in [3.8, 4) is 0 Å². The standard InChI is InChI=1S/C17H26F3N3O5Si/c1-29(2,3)10-9-28-12-23-16(26)15(17(18,19)20)13(11-22-23)21-6-8-27-7-4-5-14(24)25/h4-5,11,21H,6-10,12H2,1-3H3,(H,24,25)/b5-4+. The highest BCUT2D eigenvalue weighted by atomic mass is 28.3. The number of carbonyl (C=O) groups is 1. The van der Waals surface area contributed by atoms with Gasteiger partial charge in [-0.3, -0.25) is 4.79 Å². The Balaban J connectivity index is 2.72. The lowest BCUT2D eigenvalue weighted by Gasteiger charge is -2.17. The number of aliphatic carboxylic acids is 1. The number of alkyl halides is 3. The lowest BCUT2D eigenvalue weighted by Crippen LogP contribution is -2.33. The quantitative estimate of drug-likeness (QED) is 0.294. The summed E-state index contributed by atoms with van der Waals surface area (Å²) in [5.74, 6) is -1.13. The minimum atomic E-state index is -4.87. The molecule has 1 heterocycles. The predicted molar refractivity (Wildman–Crippen MR) is 104 cm³/mol. The molecule has 0 unspecified atom stereocenters. The molecule has 1 rings (SSSR count). The van der Waals surface area contributed by atoms with E-state index < -0.39 is 37.0 Å². The van der Waals surface area contributed by atoms with Gasteiger partial charge >= 0.3 is 12.1 Å². The van der Waals surface area contributed by atoms with Gasteiger partial charge in [0.25, 0.3) is 5.56 Å². The maximum absolute atomic E-state index is 13.4. The molecule has 0 fully saturated rings. The van der Waals surface area contributed by atoms with Crippen molar-refractivity contribution in [2.24, 2.45) is 0 Å². The summed E-state index contributed by atoms with van der Waals surface area (Å²) < 4.78 is 51.1. The lowest BCUT2D eigenvalue weighted by atomic mass is 10.2. The van der Waals surface area contributed by atoms with Gasteiger partial charge in [0.15, 0.2) is 0 Å². The van der Waals surface area contributed by atoms with Crippen LogP contribution in [0.1, 0.15) is 5.56 Å². The first kappa shape index (κ1) is 24.9. The van der Waals surface area contributed by atoms with Crippen LogP contribution in [0.3, 0.4) is 0 Å². The molecule has 0 bridgehead atoms. The first-order chi connectivity index (χ1) is 13.4. The topological polar surface area (TPSA) is 103 Å². The minimum Gasteiger partial charge on any atom is -0.478 e. The molecule has 8 nitrogen and oxygen atoms in total. The molecule has 0 atom stereocenters. The first-order valence-corrected chi connectivity index (χ1v) is 12.6. The second-order valence-corrected chi connectivity index (χ2v) is 12.9. The molecule has 1 aromatic heterocycles. The van der Waals surface area contributed by atoms with Crippen LogP contribution in [0.2, 0.25) is 25.7 Å². The number of carboxylic acid groups (broad SMARTS) is 1. The number of carboxylic acids is 1. The van der Waals surface area contributed by atoms with E-state index in [9.17, 15) is 22.8 Å². The monoisotopic (exact) mass is 437 g/mol. The maximum Gasteiger partial charge on any atom is 0.423 e. The third-order valence-electron chi connectivity index (χ3n) is 3.57. The van der Waals surface area contributed by atoms with Crippen LogP contribution in [0.25, 0.3) is 0 Å². The number of nitrogens with one attached hydrogen (secondary N) is 1. The van der Waals surface area contributed by atoms with E-state index in [4.69, 9.17) is 14.6 Å². The Bertz CT molecular complexity index is 760. The molecule has 0 aromatic carbocycles. The zero-order valence-electron chi connectivity index (χ0n) is 16.6. The van der Waals surface area contributed by atoms with Crippen LogP contribution in [-0.4, -0.2) is 55.3 Å². The van der Waals surface area contributed by atoms with E-state index in [0.29, 0.717) is 11.3 Å². The Kier molecular flexibility index (Phi) is 9.53. The van der Waals surface area contributed by atoms with E-state index in [1.165, 1.54) is 6.08 Å². The molecule has 1 aromatic rings. The number of rotatable bonds is 12. The van der Waals surface area contributed by atoms with Gasteiger partial charge in [-0.05, 0) is 6.04 Å². The van der Waals surface area contributed by atoms with Crippen LogP contribution in [0.4, 0.5) is 18.9 Å². The van der Waals surface area contributed by atoms with E-state index in [2.05, 4.69) is 30.1 Å². The van der Waals surface area contributed by atoms with Crippen LogP contribution in [-0.2, 0) is 27.2 Å². The van der Waals surface area contributed by atoms with Crippen molar-refractivity contribution in [1.82, 2.24) is 9.78 Å². The normalized spacial score (nSPS) is 12.5. The van der Waals surface area contributed by atoms with Crippen LogP contribution >= 0.6 is 0 Å². The van der Waals surface area contributed by atoms with E-state index in [1.807, 2.05) is 0 Å². The summed E-state index contributed by atoms with van der Waals surface area (Å²) in [6.07, 6.45) is -1.79. The number of halogens is 3. The van der Waals surface area contributed by atoms with Gasteiger partial charge in [-0.1, -0.05) is 25.7 Å². The highest BCUT2D eigenvalue weighted by Gasteiger charge is 2.38. The second kappa shape index (κ2) is 11.1. The number of aromatic nitrogens is 2. The summed E-state index contributed by atoms with van der Waals surface area (Å²) >= 11 is 0. The third kappa shape index (κ3) is 9.72. The molecule has 12 heteroatoms. The van der Waals surface area contributed by atoms with Gasteiger partial charge in [0, 0.05) is 27.3 Å². The van der Waals surface area contributed by atoms with Crippen LogP contribution in [0, 0.1) is 0 Å². The first-order valence-electron chi connectivity index (χ1n) is 8.88. The van der Waals surface area contributed by atoms with Crippen molar-refractivity contribution in [3.05, 3.63) is 34.3 Å². The smallest absolute Gasteiger partial charge is 0.423 e. The van der Waals surface area contributed by atoms with Crippen molar-refractivity contribution >= 4 is 19.7 Å². The zero-order chi connectivity index (χ0) is 22.1. The summed E-state index contributed by atoms with van der Waals surface area (Å²) in [5, 5.41) is 14.6. The SMILES string of the molecule is C[Si](C)(C)CCOCn1ncc(NCCOC/C=C/C(=O)O)c(C(F)(F)F)c1=O. The van der Waals surface area contributed by atoms with Gasteiger partial charge < -0.3 is 19.9 Å². The number of nitrogens with zero attached hydrogens (tertiary/aromatic N) is 2. The summed E-state index contributed by atoms with van der Waals surface area (Å²) in [6, 6.07) is 0.815. The zero-order valence-corrected chi connectivity index (χ0v) is 17.6. The van der Waals surface area contributed by atoms with E-state index in [1.54, 1.807) is 0 Å². The number of hydrogen-bond acceptors (Lipinski definition) is 6. The fourth-order valence-electron chi connectivity index (χ4n) is 2.08. The molecular formula is C17H26F3N3O5Si. The van der Waals surface area contributed by atoms with Crippen LogP contribution in [0.5, 0.6) is 0 Å². The van der Waals surface area contributed by atoms with Gasteiger partial charge in [0.1, 0.15) is 12.3 Å². The van der Waals surface area contributed by atoms with E-state index in [0.717, 1.165) is 18.3 Å². The van der Waals surface area contributed by atoms with Crippen LogP contribution < -0.4 is 10.9 Å². The molecule has 0 radical (unpaired) electrons. The molecule has 164 valence electrons. The Labute approximate surface area is 167 Å². The second-order valence-electron chi connectivity index (χ2n) is 7.33.